The lowest BCUT2D eigenvalue weighted by atomic mass is 10.1. The van der Waals surface area contributed by atoms with Crippen molar-refractivity contribution >= 4 is 22.7 Å². The fraction of sp³-hybridized carbons (Fsp3) is 0.308. The summed E-state index contributed by atoms with van der Waals surface area (Å²) in [5.74, 6) is -0.823. The van der Waals surface area contributed by atoms with Gasteiger partial charge in [0.25, 0.3) is 0 Å². The SMILES string of the molecule is CC(=O)c1ccc2c(c1)oc(=O)n2C(C)C(C)=O. The average Bonchev–Trinajstić information content (AvgIpc) is 2.62. The molecule has 0 saturated carbocycles. The van der Waals surface area contributed by atoms with Crippen molar-refractivity contribution in [3.63, 3.8) is 0 Å². The molecule has 18 heavy (non-hydrogen) atoms. The van der Waals surface area contributed by atoms with Crippen LogP contribution in [0.2, 0.25) is 0 Å². The van der Waals surface area contributed by atoms with E-state index in [9.17, 15) is 14.4 Å². The number of fused-ring (bicyclic) bond motifs is 1. The molecule has 0 radical (unpaired) electrons. The van der Waals surface area contributed by atoms with Gasteiger partial charge < -0.3 is 4.42 Å². The first-order valence-electron chi connectivity index (χ1n) is 5.58. The minimum Gasteiger partial charge on any atom is -0.408 e. The Morgan fingerprint density at radius 1 is 1.28 bits per heavy atom. The number of carbonyl (C=O) groups excluding carboxylic acids is 2. The lowest BCUT2D eigenvalue weighted by molar-refractivity contribution is -0.119. The van der Waals surface area contributed by atoms with Gasteiger partial charge in [0.05, 0.1) is 11.6 Å². The molecule has 1 aromatic carbocycles. The molecule has 1 heterocycles. The van der Waals surface area contributed by atoms with Gasteiger partial charge in [-0.1, -0.05) is 0 Å². The third-order valence-electron chi connectivity index (χ3n) is 3.00. The molecule has 0 spiro atoms. The Bertz CT molecular complexity index is 693. The average molecular weight is 247 g/mol. The van der Waals surface area contributed by atoms with Crippen LogP contribution >= 0.6 is 0 Å². The number of oxazole rings is 1. The first kappa shape index (κ1) is 12.3. The molecule has 2 rings (SSSR count). The van der Waals surface area contributed by atoms with Crippen LogP contribution in [0.25, 0.3) is 11.1 Å². The van der Waals surface area contributed by atoms with Crippen LogP contribution in [-0.2, 0) is 4.79 Å². The van der Waals surface area contributed by atoms with Crippen LogP contribution in [0.1, 0.15) is 37.2 Å². The number of aromatic nitrogens is 1. The lowest BCUT2D eigenvalue weighted by Gasteiger charge is -2.08. The number of carbonyl (C=O) groups is 2. The largest absolute Gasteiger partial charge is 0.420 e. The van der Waals surface area contributed by atoms with E-state index in [4.69, 9.17) is 4.42 Å². The molecule has 2 aromatic rings. The number of rotatable bonds is 3. The van der Waals surface area contributed by atoms with Gasteiger partial charge in [-0.3, -0.25) is 14.2 Å². The Morgan fingerprint density at radius 3 is 2.50 bits per heavy atom. The highest BCUT2D eigenvalue weighted by atomic mass is 16.4. The summed E-state index contributed by atoms with van der Waals surface area (Å²) < 4.78 is 6.36. The molecule has 0 aliphatic rings. The summed E-state index contributed by atoms with van der Waals surface area (Å²) in [6.45, 7) is 4.49. The van der Waals surface area contributed by atoms with Crippen LogP contribution in [0.3, 0.4) is 0 Å². The van der Waals surface area contributed by atoms with E-state index < -0.39 is 11.8 Å². The summed E-state index contributed by atoms with van der Waals surface area (Å²) >= 11 is 0. The second-order valence-electron chi connectivity index (χ2n) is 4.26. The van der Waals surface area contributed by atoms with Crippen molar-refractivity contribution in [2.75, 3.05) is 0 Å². The molecule has 1 aromatic heterocycles. The van der Waals surface area contributed by atoms with Gasteiger partial charge in [-0.2, -0.15) is 0 Å². The zero-order valence-corrected chi connectivity index (χ0v) is 10.4. The van der Waals surface area contributed by atoms with Crippen LogP contribution in [0.15, 0.2) is 27.4 Å². The summed E-state index contributed by atoms with van der Waals surface area (Å²) in [6, 6.07) is 4.17. The van der Waals surface area contributed by atoms with E-state index in [1.807, 2.05) is 0 Å². The van der Waals surface area contributed by atoms with Crippen LogP contribution in [0.4, 0.5) is 0 Å². The molecule has 1 atom stereocenters. The van der Waals surface area contributed by atoms with Gasteiger partial charge in [-0.05, 0) is 39.0 Å². The Morgan fingerprint density at radius 2 is 1.94 bits per heavy atom. The predicted molar refractivity (Wildman–Crippen MR) is 65.9 cm³/mol. The molecule has 0 saturated heterocycles. The zero-order valence-electron chi connectivity index (χ0n) is 10.4. The maximum Gasteiger partial charge on any atom is 0.420 e. The molecule has 94 valence electrons. The first-order valence-corrected chi connectivity index (χ1v) is 5.58. The number of ketones is 2. The monoisotopic (exact) mass is 247 g/mol. The van der Waals surface area contributed by atoms with Crippen molar-refractivity contribution in [1.82, 2.24) is 4.57 Å². The minimum absolute atomic E-state index is 0.105. The smallest absolute Gasteiger partial charge is 0.408 e. The van der Waals surface area contributed by atoms with Crippen molar-refractivity contribution in [3.8, 4) is 0 Å². The maximum absolute atomic E-state index is 11.7. The molecule has 0 amide bonds. The summed E-state index contributed by atoms with van der Waals surface area (Å²) in [6.07, 6.45) is 0. The summed E-state index contributed by atoms with van der Waals surface area (Å²) in [5.41, 5.74) is 1.31. The van der Waals surface area contributed by atoms with E-state index in [1.54, 1.807) is 19.1 Å². The standard InChI is InChI=1S/C13H13NO4/c1-7(8(2)15)14-11-5-4-10(9(3)16)6-12(11)18-13(14)17/h4-7H,1-3H3. The van der Waals surface area contributed by atoms with Gasteiger partial charge in [0.15, 0.2) is 17.1 Å². The molecule has 0 N–H and O–H groups in total. The minimum atomic E-state index is -0.589. The highest BCUT2D eigenvalue weighted by Gasteiger charge is 2.18. The quantitative estimate of drug-likeness (QED) is 0.777. The molecule has 1 unspecified atom stereocenters. The van der Waals surface area contributed by atoms with Crippen LogP contribution in [0, 0.1) is 0 Å². The number of hydrogen-bond acceptors (Lipinski definition) is 4. The van der Waals surface area contributed by atoms with Crippen molar-refractivity contribution in [3.05, 3.63) is 34.3 Å². The molecular weight excluding hydrogens is 234 g/mol. The number of benzene rings is 1. The molecule has 0 aliphatic carbocycles. The Balaban J connectivity index is 2.70. The summed E-state index contributed by atoms with van der Waals surface area (Å²) in [5, 5.41) is 0. The normalized spacial score (nSPS) is 12.6. The van der Waals surface area contributed by atoms with Crippen LogP contribution in [-0.4, -0.2) is 16.1 Å². The third-order valence-corrected chi connectivity index (χ3v) is 3.00. The number of Topliss-reactive ketones (excluding diaryl/α,β-unsaturated/α-hetero) is 2. The molecule has 5 heteroatoms. The topological polar surface area (TPSA) is 69.3 Å². The third kappa shape index (κ3) is 1.88. The van der Waals surface area contributed by atoms with Gasteiger partial charge in [0, 0.05) is 5.56 Å². The number of nitrogens with zero attached hydrogens (tertiary/aromatic N) is 1. The number of hydrogen-bond donors (Lipinski definition) is 0. The van der Waals surface area contributed by atoms with Gasteiger partial charge in [-0.15, -0.1) is 0 Å². The first-order chi connectivity index (χ1) is 8.41. The van der Waals surface area contributed by atoms with E-state index in [-0.39, 0.29) is 11.6 Å². The highest BCUT2D eigenvalue weighted by molar-refractivity contribution is 5.97. The van der Waals surface area contributed by atoms with Gasteiger partial charge in [-0.25, -0.2) is 4.79 Å². The van der Waals surface area contributed by atoms with E-state index >= 15 is 0 Å². The maximum atomic E-state index is 11.7. The lowest BCUT2D eigenvalue weighted by Crippen LogP contribution is -2.23. The summed E-state index contributed by atoms with van der Waals surface area (Å²) in [7, 11) is 0. The fourth-order valence-corrected chi connectivity index (χ4v) is 1.80. The van der Waals surface area contributed by atoms with Crippen LogP contribution < -0.4 is 5.76 Å². The van der Waals surface area contributed by atoms with Crippen molar-refractivity contribution in [1.29, 1.82) is 0 Å². The Hall–Kier alpha value is -2.17. The molecule has 0 fully saturated rings. The van der Waals surface area contributed by atoms with Crippen LogP contribution in [0.5, 0.6) is 0 Å². The van der Waals surface area contributed by atoms with Crippen molar-refractivity contribution < 1.29 is 14.0 Å². The second kappa shape index (κ2) is 4.25. The van der Waals surface area contributed by atoms with Gasteiger partial charge in [0.2, 0.25) is 0 Å². The highest BCUT2D eigenvalue weighted by Crippen LogP contribution is 2.19. The van der Waals surface area contributed by atoms with Crippen molar-refractivity contribution in [2.24, 2.45) is 0 Å². The molecule has 0 aliphatic heterocycles. The van der Waals surface area contributed by atoms with E-state index in [0.717, 1.165) is 0 Å². The van der Waals surface area contributed by atoms with Crippen molar-refractivity contribution in [2.45, 2.75) is 26.8 Å². The van der Waals surface area contributed by atoms with E-state index in [2.05, 4.69) is 0 Å². The summed E-state index contributed by atoms with van der Waals surface area (Å²) in [4.78, 5) is 34.3. The molecular formula is C13H13NO4. The zero-order chi connectivity index (χ0) is 13.4. The fourth-order valence-electron chi connectivity index (χ4n) is 1.80. The molecule has 0 bridgehead atoms. The van der Waals surface area contributed by atoms with E-state index in [1.165, 1.54) is 24.5 Å². The Labute approximate surface area is 103 Å². The Kier molecular flexibility index (Phi) is 2.90. The van der Waals surface area contributed by atoms with Gasteiger partial charge >= 0.3 is 5.76 Å². The van der Waals surface area contributed by atoms with Gasteiger partial charge in [0.1, 0.15) is 0 Å². The van der Waals surface area contributed by atoms with E-state index in [0.29, 0.717) is 16.7 Å². The molecule has 5 nitrogen and oxygen atoms in total. The predicted octanol–water partition coefficient (Wildman–Crippen LogP) is 1.95. The second-order valence-corrected chi connectivity index (χ2v) is 4.26.